The summed E-state index contributed by atoms with van der Waals surface area (Å²) in [5.41, 5.74) is 5.19. The summed E-state index contributed by atoms with van der Waals surface area (Å²) in [6.45, 7) is 0. The molecule has 5 nitrogen and oxygen atoms in total. The highest BCUT2D eigenvalue weighted by molar-refractivity contribution is 5.99. The molecule has 0 bridgehead atoms. The van der Waals surface area contributed by atoms with Crippen LogP contribution >= 0.6 is 0 Å². The Labute approximate surface area is 98.2 Å². The second-order valence-electron chi connectivity index (χ2n) is 4.09. The smallest absolute Gasteiger partial charge is 0.248 e. The van der Waals surface area contributed by atoms with E-state index in [0.29, 0.717) is 24.1 Å². The molecule has 0 atom stereocenters. The predicted molar refractivity (Wildman–Crippen MR) is 60.9 cm³/mol. The largest absolute Gasteiger partial charge is 0.366 e. The Morgan fingerprint density at radius 2 is 1.88 bits per heavy atom. The number of carbonyl (C=O) groups excluding carboxylic acids is 2. The van der Waals surface area contributed by atoms with Crippen LogP contribution in [0.4, 0.5) is 5.69 Å². The molecular formula is C12H11N3O2. The van der Waals surface area contributed by atoms with E-state index in [1.54, 1.807) is 12.1 Å². The topological polar surface area (TPSA) is 96.0 Å². The molecule has 3 N–H and O–H groups in total. The number of nitrogens with zero attached hydrogens (tertiary/aromatic N) is 1. The molecule has 1 aromatic rings. The van der Waals surface area contributed by atoms with Crippen molar-refractivity contribution < 1.29 is 9.59 Å². The first-order valence-corrected chi connectivity index (χ1v) is 5.20. The Hall–Kier alpha value is -2.35. The third kappa shape index (κ3) is 2.11. The minimum absolute atomic E-state index is 0.285. The molecule has 1 aliphatic carbocycles. The van der Waals surface area contributed by atoms with Crippen molar-refractivity contribution in [1.29, 1.82) is 5.26 Å². The summed E-state index contributed by atoms with van der Waals surface area (Å²) in [5, 5.41) is 11.5. The normalized spacial score (nSPS) is 15.7. The van der Waals surface area contributed by atoms with Crippen LogP contribution in [-0.4, -0.2) is 11.8 Å². The number of nitrogens with one attached hydrogen (secondary N) is 1. The molecule has 0 radical (unpaired) electrons. The van der Waals surface area contributed by atoms with Gasteiger partial charge in [0.05, 0.1) is 6.07 Å². The number of carbonyl (C=O) groups is 2. The van der Waals surface area contributed by atoms with Gasteiger partial charge in [-0.2, -0.15) is 5.26 Å². The molecule has 1 fully saturated rings. The number of anilines is 1. The van der Waals surface area contributed by atoms with Gasteiger partial charge in [0.1, 0.15) is 5.41 Å². The first kappa shape index (κ1) is 11.1. The number of nitriles is 1. The molecule has 0 saturated heterocycles. The van der Waals surface area contributed by atoms with E-state index in [4.69, 9.17) is 11.0 Å². The van der Waals surface area contributed by atoms with Crippen LogP contribution in [0, 0.1) is 16.7 Å². The quantitative estimate of drug-likeness (QED) is 0.810. The lowest BCUT2D eigenvalue weighted by Crippen LogP contribution is -2.22. The van der Waals surface area contributed by atoms with E-state index >= 15 is 0 Å². The zero-order valence-corrected chi connectivity index (χ0v) is 9.06. The highest BCUT2D eigenvalue weighted by Crippen LogP contribution is 2.45. The number of hydrogen-bond donors (Lipinski definition) is 2. The molecule has 5 heteroatoms. The average Bonchev–Trinajstić information content (AvgIpc) is 3.10. The fourth-order valence-electron chi connectivity index (χ4n) is 1.48. The first-order chi connectivity index (χ1) is 8.07. The summed E-state index contributed by atoms with van der Waals surface area (Å²) >= 11 is 0. The van der Waals surface area contributed by atoms with E-state index in [1.165, 1.54) is 12.1 Å². The Bertz CT molecular complexity index is 510. The van der Waals surface area contributed by atoms with Gasteiger partial charge in [-0.05, 0) is 37.1 Å². The van der Waals surface area contributed by atoms with Crippen LogP contribution in [0.5, 0.6) is 0 Å². The summed E-state index contributed by atoms with van der Waals surface area (Å²) in [6, 6.07) is 8.26. The van der Waals surface area contributed by atoms with Crippen molar-refractivity contribution in [3.63, 3.8) is 0 Å². The van der Waals surface area contributed by atoms with Crippen LogP contribution in [0.1, 0.15) is 23.2 Å². The van der Waals surface area contributed by atoms with Crippen LogP contribution < -0.4 is 11.1 Å². The average molecular weight is 229 g/mol. The van der Waals surface area contributed by atoms with Crippen molar-refractivity contribution in [2.45, 2.75) is 12.8 Å². The maximum Gasteiger partial charge on any atom is 0.248 e. The number of rotatable bonds is 3. The number of amides is 2. The van der Waals surface area contributed by atoms with Gasteiger partial charge >= 0.3 is 0 Å². The van der Waals surface area contributed by atoms with Gasteiger partial charge in [-0.15, -0.1) is 0 Å². The van der Waals surface area contributed by atoms with Gasteiger partial charge in [0.25, 0.3) is 0 Å². The highest BCUT2D eigenvalue weighted by Gasteiger charge is 2.50. The molecule has 1 aliphatic rings. The molecule has 17 heavy (non-hydrogen) atoms. The molecule has 2 rings (SSSR count). The third-order valence-electron chi connectivity index (χ3n) is 2.83. The van der Waals surface area contributed by atoms with E-state index in [0.717, 1.165) is 0 Å². The van der Waals surface area contributed by atoms with Gasteiger partial charge in [0.2, 0.25) is 11.8 Å². The van der Waals surface area contributed by atoms with Crippen molar-refractivity contribution in [3.05, 3.63) is 29.8 Å². The number of nitrogens with two attached hydrogens (primary N) is 1. The molecule has 1 aromatic carbocycles. The van der Waals surface area contributed by atoms with Crippen LogP contribution in [-0.2, 0) is 4.79 Å². The zero-order valence-electron chi connectivity index (χ0n) is 9.06. The van der Waals surface area contributed by atoms with Crippen molar-refractivity contribution in [1.82, 2.24) is 0 Å². The van der Waals surface area contributed by atoms with Crippen molar-refractivity contribution in [3.8, 4) is 6.07 Å². The molecule has 0 spiro atoms. The second-order valence-corrected chi connectivity index (χ2v) is 4.09. The summed E-state index contributed by atoms with van der Waals surface area (Å²) in [6.07, 6.45) is 1.21. The van der Waals surface area contributed by atoms with Crippen LogP contribution in [0.15, 0.2) is 24.3 Å². The van der Waals surface area contributed by atoms with E-state index in [1.807, 2.05) is 6.07 Å². The lowest BCUT2D eigenvalue weighted by atomic mass is 10.1. The van der Waals surface area contributed by atoms with Gasteiger partial charge in [0.15, 0.2) is 0 Å². The van der Waals surface area contributed by atoms with Gasteiger partial charge in [-0.25, -0.2) is 0 Å². The first-order valence-electron chi connectivity index (χ1n) is 5.20. The van der Waals surface area contributed by atoms with Crippen molar-refractivity contribution >= 4 is 17.5 Å². The maximum atomic E-state index is 11.7. The summed E-state index contributed by atoms with van der Waals surface area (Å²) in [4.78, 5) is 22.6. The number of hydrogen-bond acceptors (Lipinski definition) is 3. The van der Waals surface area contributed by atoms with E-state index in [-0.39, 0.29) is 5.91 Å². The Balaban J connectivity index is 2.08. The molecule has 0 aromatic heterocycles. The SMILES string of the molecule is N#CC1(C(=O)Nc2ccc(C(N)=O)cc2)CC1. The molecule has 86 valence electrons. The Kier molecular flexibility index (Phi) is 2.56. The monoisotopic (exact) mass is 229 g/mol. The van der Waals surface area contributed by atoms with Gasteiger partial charge in [-0.1, -0.05) is 0 Å². The molecule has 1 saturated carbocycles. The maximum absolute atomic E-state index is 11.7. The van der Waals surface area contributed by atoms with Crippen molar-refractivity contribution in [2.24, 2.45) is 11.1 Å². The van der Waals surface area contributed by atoms with E-state index < -0.39 is 11.3 Å². The molecular weight excluding hydrogens is 218 g/mol. The summed E-state index contributed by atoms with van der Waals surface area (Å²) in [5.74, 6) is -0.801. The molecule has 0 aliphatic heterocycles. The standard InChI is InChI=1S/C12H11N3O2/c13-7-12(5-6-12)11(17)15-9-3-1-8(2-4-9)10(14)16/h1-4H,5-6H2,(H2,14,16)(H,15,17). The number of benzene rings is 1. The summed E-state index contributed by atoms with van der Waals surface area (Å²) < 4.78 is 0. The van der Waals surface area contributed by atoms with E-state index in [9.17, 15) is 9.59 Å². The minimum atomic E-state index is -0.845. The molecule has 0 heterocycles. The van der Waals surface area contributed by atoms with E-state index in [2.05, 4.69) is 5.32 Å². The van der Waals surface area contributed by atoms with Crippen LogP contribution in [0.2, 0.25) is 0 Å². The van der Waals surface area contributed by atoms with Crippen LogP contribution in [0.3, 0.4) is 0 Å². The Morgan fingerprint density at radius 1 is 1.29 bits per heavy atom. The predicted octanol–water partition coefficient (Wildman–Crippen LogP) is 1.03. The van der Waals surface area contributed by atoms with Gasteiger partial charge in [-0.3, -0.25) is 9.59 Å². The van der Waals surface area contributed by atoms with Gasteiger partial charge < -0.3 is 11.1 Å². The fraction of sp³-hybridized carbons (Fsp3) is 0.250. The Morgan fingerprint density at radius 3 is 2.29 bits per heavy atom. The third-order valence-corrected chi connectivity index (χ3v) is 2.83. The zero-order chi connectivity index (χ0) is 12.5. The number of primary amides is 1. The van der Waals surface area contributed by atoms with Crippen LogP contribution in [0.25, 0.3) is 0 Å². The minimum Gasteiger partial charge on any atom is -0.366 e. The van der Waals surface area contributed by atoms with Gasteiger partial charge in [0, 0.05) is 11.3 Å². The molecule has 2 amide bonds. The highest BCUT2D eigenvalue weighted by atomic mass is 16.2. The van der Waals surface area contributed by atoms with Crippen molar-refractivity contribution in [2.75, 3.05) is 5.32 Å². The fourth-order valence-corrected chi connectivity index (χ4v) is 1.48. The lowest BCUT2D eigenvalue weighted by Gasteiger charge is -2.08. The summed E-state index contributed by atoms with van der Waals surface area (Å²) in [7, 11) is 0. The second kappa shape index (κ2) is 3.91. The molecule has 0 unspecified atom stereocenters. The lowest BCUT2D eigenvalue weighted by molar-refractivity contribution is -0.119.